The van der Waals surface area contributed by atoms with Crippen molar-refractivity contribution in [3.8, 4) is 0 Å². The highest BCUT2D eigenvalue weighted by molar-refractivity contribution is 7.82. The number of aliphatic hydroxyl groups is 1. The van der Waals surface area contributed by atoms with Crippen molar-refractivity contribution in [2.24, 2.45) is 0 Å². The van der Waals surface area contributed by atoms with Crippen molar-refractivity contribution in [1.29, 1.82) is 0 Å². The molecule has 0 heterocycles. The largest absolute Gasteiger partial charge is 0.391 e. The fourth-order valence-corrected chi connectivity index (χ4v) is 2.46. The van der Waals surface area contributed by atoms with Gasteiger partial charge in [-0.05, 0) is 37.8 Å². The molecule has 3 unspecified atom stereocenters. The van der Waals surface area contributed by atoms with Crippen LogP contribution in [0.4, 0.5) is 0 Å². The van der Waals surface area contributed by atoms with Crippen molar-refractivity contribution in [2.45, 2.75) is 43.7 Å². The van der Waals surface area contributed by atoms with E-state index in [9.17, 15) is 9.90 Å². The lowest BCUT2D eigenvalue weighted by molar-refractivity contribution is -0.120. The third-order valence-electron chi connectivity index (χ3n) is 3.61. The van der Waals surface area contributed by atoms with Gasteiger partial charge in [0, 0.05) is 0 Å². The molecule has 0 aliphatic heterocycles. The number of carbonyl (C=O) groups is 1. The van der Waals surface area contributed by atoms with Gasteiger partial charge >= 0.3 is 0 Å². The number of aliphatic hydroxyl groups excluding tert-OH is 1. The lowest BCUT2D eigenvalue weighted by Crippen LogP contribution is -2.49. The van der Waals surface area contributed by atoms with Crippen molar-refractivity contribution in [2.75, 3.05) is 0 Å². The lowest BCUT2D eigenvalue weighted by Gasteiger charge is -2.36. The van der Waals surface area contributed by atoms with Crippen LogP contribution in [0.5, 0.6) is 0 Å². The van der Waals surface area contributed by atoms with Gasteiger partial charge < -0.3 is 5.11 Å². The minimum absolute atomic E-state index is 0.0545. The van der Waals surface area contributed by atoms with Gasteiger partial charge in [-0.15, -0.1) is 12.6 Å². The fraction of sp³-hybridized carbons (Fsp3) is 0.500. The molecule has 1 aliphatic carbocycles. The second-order valence-corrected chi connectivity index (χ2v) is 5.95. The molecule has 2 rings (SSSR count). The first kappa shape index (κ1) is 13.6. The second-order valence-electron chi connectivity index (χ2n) is 5.06. The zero-order chi connectivity index (χ0) is 13.3. The smallest absolute Gasteiger partial charge is 0.159 e. The van der Waals surface area contributed by atoms with Crippen molar-refractivity contribution in [3.05, 3.63) is 35.4 Å². The molecule has 0 spiro atoms. The quantitative estimate of drug-likeness (QED) is 0.577. The monoisotopic (exact) mass is 265 g/mol. The number of nitrogens with one attached hydrogen (secondary N) is 1. The number of rotatable bonds is 3. The summed E-state index contributed by atoms with van der Waals surface area (Å²) in [7, 11) is 0. The van der Waals surface area contributed by atoms with E-state index in [2.05, 4.69) is 24.0 Å². The molecule has 0 bridgehead atoms. The van der Waals surface area contributed by atoms with E-state index in [1.807, 2.05) is 18.2 Å². The van der Waals surface area contributed by atoms with E-state index in [4.69, 9.17) is 0 Å². The number of fused-ring (bicyclic) bond motifs is 1. The third-order valence-corrected chi connectivity index (χ3v) is 4.05. The molecule has 18 heavy (non-hydrogen) atoms. The predicted octanol–water partition coefficient (Wildman–Crippen LogP) is 1.86. The first-order valence-electron chi connectivity index (χ1n) is 6.19. The van der Waals surface area contributed by atoms with E-state index in [0.29, 0.717) is 6.42 Å². The van der Waals surface area contributed by atoms with Gasteiger partial charge in [0.25, 0.3) is 0 Å². The molecule has 0 aromatic heterocycles. The fourth-order valence-electron chi connectivity index (χ4n) is 2.32. The van der Waals surface area contributed by atoms with Crippen molar-refractivity contribution >= 4 is 18.4 Å². The van der Waals surface area contributed by atoms with Crippen LogP contribution in [-0.4, -0.2) is 21.9 Å². The highest BCUT2D eigenvalue weighted by Gasteiger charge is 2.34. The zero-order valence-electron chi connectivity index (χ0n) is 10.7. The normalized spacial score (nSPS) is 26.2. The van der Waals surface area contributed by atoms with Crippen LogP contribution in [0.3, 0.4) is 0 Å². The number of carbonyl (C=O) groups excluding carboxylic acids is 1. The molecule has 4 heteroatoms. The van der Waals surface area contributed by atoms with Crippen LogP contribution < -0.4 is 5.32 Å². The van der Waals surface area contributed by atoms with Gasteiger partial charge in [0.2, 0.25) is 0 Å². The van der Waals surface area contributed by atoms with Gasteiger partial charge in [0.05, 0.1) is 12.1 Å². The van der Waals surface area contributed by atoms with Crippen LogP contribution in [0.2, 0.25) is 0 Å². The summed E-state index contributed by atoms with van der Waals surface area (Å²) in [5.41, 5.74) is 2.30. The second kappa shape index (κ2) is 5.03. The Hall–Kier alpha value is -0.840. The molecular formula is C14H19NO2S. The average molecular weight is 265 g/mol. The SMILES string of the molecule is CC(=O)C(C)(S)NC1c2ccccc2CCC1O. The summed E-state index contributed by atoms with van der Waals surface area (Å²) < 4.78 is 0. The van der Waals surface area contributed by atoms with Crippen LogP contribution >= 0.6 is 12.6 Å². The van der Waals surface area contributed by atoms with E-state index in [1.165, 1.54) is 12.5 Å². The van der Waals surface area contributed by atoms with Crippen LogP contribution in [-0.2, 0) is 11.2 Å². The number of ketones is 1. The first-order valence-corrected chi connectivity index (χ1v) is 6.63. The van der Waals surface area contributed by atoms with Gasteiger partial charge in [-0.2, -0.15) is 0 Å². The number of aryl methyl sites for hydroxylation is 1. The third kappa shape index (κ3) is 2.60. The topological polar surface area (TPSA) is 49.3 Å². The number of benzene rings is 1. The lowest BCUT2D eigenvalue weighted by atomic mass is 9.85. The van der Waals surface area contributed by atoms with Crippen molar-refractivity contribution in [3.63, 3.8) is 0 Å². The Morgan fingerprint density at radius 3 is 2.83 bits per heavy atom. The Morgan fingerprint density at radius 2 is 2.17 bits per heavy atom. The number of Topliss-reactive ketones (excluding diaryl/α,β-unsaturated/α-hetero) is 1. The number of thiol groups is 1. The van der Waals surface area contributed by atoms with Crippen LogP contribution in [0.25, 0.3) is 0 Å². The Bertz CT molecular complexity index is 459. The van der Waals surface area contributed by atoms with Gasteiger partial charge in [0.15, 0.2) is 5.78 Å². The maximum atomic E-state index is 11.5. The summed E-state index contributed by atoms with van der Waals surface area (Å²) in [6, 6.07) is 7.79. The average Bonchev–Trinajstić information content (AvgIpc) is 2.32. The summed E-state index contributed by atoms with van der Waals surface area (Å²) in [6.45, 7) is 3.23. The maximum Gasteiger partial charge on any atom is 0.159 e. The Kier molecular flexibility index (Phi) is 3.80. The number of hydrogen-bond acceptors (Lipinski definition) is 4. The van der Waals surface area contributed by atoms with Crippen molar-refractivity contribution < 1.29 is 9.90 Å². The highest BCUT2D eigenvalue weighted by atomic mass is 32.1. The van der Waals surface area contributed by atoms with Gasteiger partial charge in [-0.1, -0.05) is 24.3 Å². The van der Waals surface area contributed by atoms with Crippen molar-refractivity contribution in [1.82, 2.24) is 5.32 Å². The van der Waals surface area contributed by atoms with E-state index in [1.54, 1.807) is 6.92 Å². The van der Waals surface area contributed by atoms with E-state index in [-0.39, 0.29) is 11.8 Å². The molecule has 0 amide bonds. The molecule has 0 fully saturated rings. The molecule has 98 valence electrons. The standard InChI is InChI=1S/C14H19NO2S/c1-9(16)14(2,18)15-13-11-6-4-3-5-10(11)7-8-12(13)17/h3-6,12-13,15,17-18H,7-8H2,1-2H3. The molecule has 1 aromatic carbocycles. The molecule has 0 radical (unpaired) electrons. The van der Waals surface area contributed by atoms with Crippen LogP contribution in [0.1, 0.15) is 37.4 Å². The predicted molar refractivity (Wildman–Crippen MR) is 74.7 cm³/mol. The molecular weight excluding hydrogens is 246 g/mol. The van der Waals surface area contributed by atoms with Gasteiger partial charge in [0.1, 0.15) is 4.87 Å². The maximum absolute atomic E-state index is 11.5. The summed E-state index contributed by atoms with van der Waals surface area (Å²) >= 11 is 4.35. The molecule has 1 aromatic rings. The summed E-state index contributed by atoms with van der Waals surface area (Å²) in [5.74, 6) is -0.0545. The summed E-state index contributed by atoms with van der Waals surface area (Å²) in [5, 5.41) is 13.3. The molecule has 3 atom stereocenters. The highest BCUT2D eigenvalue weighted by Crippen LogP contribution is 2.32. The van der Waals surface area contributed by atoms with E-state index >= 15 is 0 Å². The minimum atomic E-state index is -0.921. The van der Waals surface area contributed by atoms with E-state index in [0.717, 1.165) is 12.0 Å². The molecule has 3 nitrogen and oxygen atoms in total. The van der Waals surface area contributed by atoms with Gasteiger partial charge in [-0.3, -0.25) is 10.1 Å². The molecule has 2 N–H and O–H groups in total. The Labute approximate surface area is 113 Å². The minimum Gasteiger partial charge on any atom is -0.391 e. The first-order chi connectivity index (χ1) is 8.42. The molecule has 0 saturated carbocycles. The van der Waals surface area contributed by atoms with E-state index < -0.39 is 11.0 Å². The van der Waals surface area contributed by atoms with Crippen LogP contribution in [0, 0.1) is 0 Å². The van der Waals surface area contributed by atoms with Crippen LogP contribution in [0.15, 0.2) is 24.3 Å². The number of hydrogen-bond donors (Lipinski definition) is 3. The summed E-state index contributed by atoms with van der Waals surface area (Å²) in [4.78, 5) is 10.6. The Morgan fingerprint density at radius 1 is 1.50 bits per heavy atom. The molecule has 0 saturated heterocycles. The summed E-state index contributed by atoms with van der Waals surface area (Å²) in [6.07, 6.45) is 1.10. The molecule has 1 aliphatic rings. The zero-order valence-corrected chi connectivity index (χ0v) is 11.6. The Balaban J connectivity index is 2.30. The van der Waals surface area contributed by atoms with Gasteiger partial charge in [-0.25, -0.2) is 0 Å².